The van der Waals surface area contributed by atoms with E-state index in [1.807, 2.05) is 0 Å². The fraction of sp³-hybridized carbons (Fsp3) is 0.635. The Kier molecular flexibility index (Phi) is 53.0. The van der Waals surface area contributed by atoms with Gasteiger partial charge >= 0.3 is 17.9 Å². The molecule has 6 heteroatoms. The molecule has 0 spiro atoms. The summed E-state index contributed by atoms with van der Waals surface area (Å²) in [4.78, 5) is 37.7. The number of hydrogen-bond acceptors (Lipinski definition) is 6. The van der Waals surface area contributed by atoms with Crippen LogP contribution >= 0.6 is 0 Å². The van der Waals surface area contributed by atoms with Gasteiger partial charge < -0.3 is 14.2 Å². The number of allylic oxidation sites excluding steroid dienone is 20. The predicted octanol–water partition coefficient (Wildman–Crippen LogP) is 18.9. The van der Waals surface area contributed by atoms with Crippen LogP contribution in [0.5, 0.6) is 0 Å². The first kappa shape index (κ1) is 64.8. The minimum absolute atomic E-state index is 0.0913. The average molecular weight is 956 g/mol. The van der Waals surface area contributed by atoms with Crippen LogP contribution < -0.4 is 0 Å². The Balaban J connectivity index is 4.15. The lowest BCUT2D eigenvalue weighted by Crippen LogP contribution is -2.30. The third-order valence-electron chi connectivity index (χ3n) is 11.5. The summed E-state index contributed by atoms with van der Waals surface area (Å²) in [5, 5.41) is 0. The number of ether oxygens (including phenoxy) is 3. The maximum atomic E-state index is 12.7. The van der Waals surface area contributed by atoms with Gasteiger partial charge in [-0.25, -0.2) is 0 Å². The van der Waals surface area contributed by atoms with Crippen molar-refractivity contribution >= 4 is 17.9 Å². The zero-order valence-electron chi connectivity index (χ0n) is 44.5. The Morgan fingerprint density at radius 3 is 0.913 bits per heavy atom. The summed E-state index contributed by atoms with van der Waals surface area (Å²) >= 11 is 0. The van der Waals surface area contributed by atoms with E-state index in [-0.39, 0.29) is 31.1 Å². The van der Waals surface area contributed by atoms with Crippen LogP contribution in [0.25, 0.3) is 0 Å². The molecule has 0 radical (unpaired) electrons. The lowest BCUT2D eigenvalue weighted by Gasteiger charge is -2.18. The second-order valence-electron chi connectivity index (χ2n) is 18.1. The Bertz CT molecular complexity index is 1470. The molecule has 1 atom stereocenters. The molecule has 0 bridgehead atoms. The van der Waals surface area contributed by atoms with Gasteiger partial charge in [0.25, 0.3) is 0 Å². The zero-order chi connectivity index (χ0) is 50.0. The molecular weight excluding hydrogens is 853 g/mol. The average Bonchev–Trinajstić information content (AvgIpc) is 3.35. The van der Waals surface area contributed by atoms with Gasteiger partial charge in [0.2, 0.25) is 0 Å². The quantitative estimate of drug-likeness (QED) is 0.0262. The molecule has 0 aromatic rings. The summed E-state index contributed by atoms with van der Waals surface area (Å²) in [5.74, 6) is -0.940. The van der Waals surface area contributed by atoms with Crippen molar-refractivity contribution in [2.24, 2.45) is 0 Å². The Morgan fingerprint density at radius 2 is 0.565 bits per heavy atom. The molecule has 0 N–H and O–H groups in total. The summed E-state index contributed by atoms with van der Waals surface area (Å²) < 4.78 is 16.7. The molecule has 0 saturated carbocycles. The number of carbonyl (C=O) groups excluding carboxylic acids is 3. The highest BCUT2D eigenvalue weighted by atomic mass is 16.6. The van der Waals surface area contributed by atoms with E-state index in [0.29, 0.717) is 19.3 Å². The lowest BCUT2D eigenvalue weighted by atomic mass is 10.1. The summed E-state index contributed by atoms with van der Waals surface area (Å²) in [7, 11) is 0. The van der Waals surface area contributed by atoms with Gasteiger partial charge in [-0.1, -0.05) is 226 Å². The fourth-order valence-electron chi connectivity index (χ4n) is 7.25. The minimum atomic E-state index is -0.790. The highest BCUT2D eigenvalue weighted by Gasteiger charge is 2.19. The van der Waals surface area contributed by atoms with Crippen molar-refractivity contribution in [1.29, 1.82) is 0 Å². The largest absolute Gasteiger partial charge is 0.462 e. The Morgan fingerprint density at radius 1 is 0.304 bits per heavy atom. The zero-order valence-corrected chi connectivity index (χ0v) is 44.5. The number of hydrogen-bond donors (Lipinski definition) is 0. The van der Waals surface area contributed by atoms with Gasteiger partial charge in [0, 0.05) is 19.3 Å². The van der Waals surface area contributed by atoms with E-state index in [4.69, 9.17) is 14.2 Å². The second-order valence-corrected chi connectivity index (χ2v) is 18.1. The van der Waals surface area contributed by atoms with Gasteiger partial charge in [0.05, 0.1) is 0 Å². The van der Waals surface area contributed by atoms with Crippen molar-refractivity contribution in [2.45, 2.75) is 245 Å². The third kappa shape index (κ3) is 54.6. The molecule has 1 unspecified atom stereocenters. The first-order valence-electron chi connectivity index (χ1n) is 28.0. The smallest absolute Gasteiger partial charge is 0.306 e. The topological polar surface area (TPSA) is 78.9 Å². The molecule has 69 heavy (non-hydrogen) atoms. The summed E-state index contributed by atoms with van der Waals surface area (Å²) in [5.41, 5.74) is 0. The molecule has 0 rings (SSSR count). The standard InChI is InChI=1S/C63H102O6/c1-4-7-10-13-15-17-19-21-23-24-25-26-27-28-29-30-31-32-33-34-35-36-37-38-40-41-43-45-47-50-53-56-62(65)68-59-60(58-67-61(64)55-52-49-12-9-6-3)69-63(66)57-54-51-48-46-44-42-39-22-20-18-16-14-11-8-5-2/h7,10,15-18,21-23,25-26,28-29,31-32,34-35,37-39,60H,4-6,8-9,11-14,19-20,24,27,30,33,36,40-59H2,1-3H3/b10-7-,17-15-,18-16-,23-21-,26-25-,29-28-,32-31-,35-34-,38-37-,39-22-. The van der Waals surface area contributed by atoms with Crippen LogP contribution in [0.4, 0.5) is 0 Å². The molecule has 6 nitrogen and oxygen atoms in total. The molecule has 0 aliphatic carbocycles. The highest BCUT2D eigenvalue weighted by Crippen LogP contribution is 2.13. The van der Waals surface area contributed by atoms with E-state index in [9.17, 15) is 14.4 Å². The maximum absolute atomic E-state index is 12.7. The number of rotatable bonds is 49. The molecule has 0 heterocycles. The van der Waals surface area contributed by atoms with Gasteiger partial charge in [-0.05, 0) is 116 Å². The monoisotopic (exact) mass is 955 g/mol. The number of esters is 3. The van der Waals surface area contributed by atoms with E-state index in [0.717, 1.165) is 161 Å². The van der Waals surface area contributed by atoms with Crippen LogP contribution in [-0.2, 0) is 28.6 Å². The van der Waals surface area contributed by atoms with Crippen molar-refractivity contribution in [3.63, 3.8) is 0 Å². The van der Waals surface area contributed by atoms with Crippen molar-refractivity contribution in [1.82, 2.24) is 0 Å². The van der Waals surface area contributed by atoms with Crippen molar-refractivity contribution < 1.29 is 28.6 Å². The van der Waals surface area contributed by atoms with Crippen LogP contribution in [0.1, 0.15) is 239 Å². The summed E-state index contributed by atoms with van der Waals surface area (Å²) in [6.07, 6.45) is 78.0. The SMILES string of the molecule is CC/C=C\C/C=C\C/C=C\C/C=C\C/C=C\C/C=C\C/C=C\C/C=C\CCCCCCCCC(=O)OCC(COC(=O)CCCCCCC)OC(=O)CCCCCCC/C=C\C/C=C\CCCCC. The molecule has 0 fully saturated rings. The predicted molar refractivity (Wildman–Crippen MR) is 297 cm³/mol. The minimum Gasteiger partial charge on any atom is -0.462 e. The van der Waals surface area contributed by atoms with E-state index in [1.165, 1.54) is 38.5 Å². The van der Waals surface area contributed by atoms with Gasteiger partial charge in [-0.2, -0.15) is 0 Å². The maximum Gasteiger partial charge on any atom is 0.306 e. The van der Waals surface area contributed by atoms with E-state index in [1.54, 1.807) is 0 Å². The molecular formula is C63H102O6. The van der Waals surface area contributed by atoms with Gasteiger partial charge in [0.1, 0.15) is 13.2 Å². The van der Waals surface area contributed by atoms with Crippen LogP contribution in [0.2, 0.25) is 0 Å². The molecule has 0 aromatic heterocycles. The van der Waals surface area contributed by atoms with Gasteiger partial charge in [0.15, 0.2) is 6.10 Å². The molecule has 0 amide bonds. The summed E-state index contributed by atoms with van der Waals surface area (Å²) in [6, 6.07) is 0. The molecule has 0 saturated heterocycles. The van der Waals surface area contributed by atoms with E-state index in [2.05, 4.69) is 142 Å². The third-order valence-corrected chi connectivity index (χ3v) is 11.5. The van der Waals surface area contributed by atoms with Crippen LogP contribution in [0.3, 0.4) is 0 Å². The Hall–Kier alpha value is -4.19. The van der Waals surface area contributed by atoms with E-state index >= 15 is 0 Å². The Labute approximate surface area is 424 Å². The first-order chi connectivity index (χ1) is 34.0. The molecule has 390 valence electrons. The highest BCUT2D eigenvalue weighted by molar-refractivity contribution is 5.71. The van der Waals surface area contributed by atoms with E-state index < -0.39 is 6.10 Å². The number of carbonyl (C=O) groups is 3. The van der Waals surface area contributed by atoms with Crippen molar-refractivity contribution in [3.8, 4) is 0 Å². The first-order valence-corrected chi connectivity index (χ1v) is 28.0. The molecule has 0 aliphatic heterocycles. The van der Waals surface area contributed by atoms with Crippen LogP contribution in [-0.4, -0.2) is 37.2 Å². The molecule has 0 aliphatic rings. The fourth-order valence-corrected chi connectivity index (χ4v) is 7.25. The van der Waals surface area contributed by atoms with Crippen LogP contribution in [0.15, 0.2) is 122 Å². The summed E-state index contributed by atoms with van der Waals surface area (Å²) in [6.45, 7) is 6.37. The van der Waals surface area contributed by atoms with Crippen molar-refractivity contribution in [2.75, 3.05) is 13.2 Å². The normalized spacial score (nSPS) is 13.0. The molecule has 0 aromatic carbocycles. The van der Waals surface area contributed by atoms with Crippen LogP contribution in [0, 0.1) is 0 Å². The van der Waals surface area contributed by atoms with Crippen molar-refractivity contribution in [3.05, 3.63) is 122 Å². The lowest BCUT2D eigenvalue weighted by molar-refractivity contribution is -0.167. The van der Waals surface area contributed by atoms with Gasteiger partial charge in [-0.15, -0.1) is 0 Å². The van der Waals surface area contributed by atoms with Gasteiger partial charge in [-0.3, -0.25) is 14.4 Å². The second kappa shape index (κ2) is 56.4. The number of unbranched alkanes of at least 4 members (excludes halogenated alkanes) is 18.